The monoisotopic (exact) mass is 407 g/mol. The van der Waals surface area contributed by atoms with Gasteiger partial charge in [0, 0.05) is 15.9 Å². The number of hydrogen-bond acceptors (Lipinski definition) is 3. The fourth-order valence-electron chi connectivity index (χ4n) is 1.57. The molecule has 0 aliphatic rings. The Morgan fingerprint density at radius 3 is 2.61 bits per heavy atom. The number of carbonyl (C=O) groups excluding carboxylic acids is 1. The summed E-state index contributed by atoms with van der Waals surface area (Å²) in [5, 5.41) is 8.89. The number of halogens is 4. The lowest BCUT2D eigenvalue weighted by Crippen LogP contribution is -2.29. The number of alkyl halides is 3. The van der Waals surface area contributed by atoms with E-state index in [0.29, 0.717) is 21.4 Å². The van der Waals surface area contributed by atoms with Gasteiger partial charge >= 0.3 is 12.1 Å². The summed E-state index contributed by atoms with van der Waals surface area (Å²) in [5.74, 6) is -1.63. The molecule has 1 aromatic rings. The summed E-state index contributed by atoms with van der Waals surface area (Å²) < 4.78 is 37.5. The van der Waals surface area contributed by atoms with Crippen LogP contribution < -0.4 is 11.1 Å². The molecule has 0 saturated heterocycles. The van der Waals surface area contributed by atoms with Crippen molar-refractivity contribution < 1.29 is 18.0 Å². The Labute approximate surface area is 143 Å². The summed E-state index contributed by atoms with van der Waals surface area (Å²) in [6.45, 7) is 3.65. The maximum absolute atomic E-state index is 12.3. The highest BCUT2D eigenvalue weighted by molar-refractivity contribution is 9.10. The third kappa shape index (κ3) is 6.49. The molecule has 4 nitrogen and oxygen atoms in total. The molecule has 124 valence electrons. The highest BCUT2D eigenvalue weighted by atomic mass is 79.9. The van der Waals surface area contributed by atoms with Crippen LogP contribution in [0.3, 0.4) is 0 Å². The Morgan fingerprint density at radius 1 is 1.43 bits per heavy atom. The molecular formula is C14H13BrF3N3OS. The van der Waals surface area contributed by atoms with Gasteiger partial charge in [-0.05, 0) is 29.3 Å². The molecule has 0 aliphatic carbocycles. The minimum Gasteiger partial charge on any atom is -0.379 e. The highest BCUT2D eigenvalue weighted by Gasteiger charge is 2.38. The van der Waals surface area contributed by atoms with Crippen LogP contribution in [-0.4, -0.2) is 23.0 Å². The second kappa shape index (κ2) is 8.21. The van der Waals surface area contributed by atoms with E-state index >= 15 is 0 Å². The summed E-state index contributed by atoms with van der Waals surface area (Å²) in [7, 11) is 0. The van der Waals surface area contributed by atoms with Crippen LogP contribution in [0.2, 0.25) is 0 Å². The molecular weight excluding hydrogens is 395 g/mol. The number of carbonyl (C=O) groups is 1. The first-order valence-electron chi connectivity index (χ1n) is 6.12. The number of benzene rings is 1. The third-order valence-corrected chi connectivity index (χ3v) is 3.61. The Kier molecular flexibility index (Phi) is 6.89. The molecule has 0 heterocycles. The minimum absolute atomic E-state index is 0.00340. The van der Waals surface area contributed by atoms with Crippen LogP contribution in [0.25, 0.3) is 5.57 Å². The van der Waals surface area contributed by atoms with Gasteiger partial charge in [0.1, 0.15) is 0 Å². The SMILES string of the molecule is C=C/C(=C\CSC(=N)N)c1cc(Br)cc(NC(=O)C(F)(F)F)c1. The van der Waals surface area contributed by atoms with Gasteiger partial charge in [-0.2, -0.15) is 13.2 Å². The molecule has 0 atom stereocenters. The van der Waals surface area contributed by atoms with Crippen LogP contribution >= 0.6 is 27.7 Å². The van der Waals surface area contributed by atoms with E-state index in [0.717, 1.165) is 11.8 Å². The summed E-state index contributed by atoms with van der Waals surface area (Å²) >= 11 is 4.29. The third-order valence-electron chi connectivity index (χ3n) is 2.51. The minimum atomic E-state index is -4.96. The summed E-state index contributed by atoms with van der Waals surface area (Å²) in [5.41, 5.74) is 6.44. The molecule has 0 aliphatic heterocycles. The van der Waals surface area contributed by atoms with E-state index in [9.17, 15) is 18.0 Å². The van der Waals surface area contributed by atoms with E-state index in [1.807, 2.05) is 0 Å². The van der Waals surface area contributed by atoms with Gasteiger partial charge in [0.25, 0.3) is 0 Å². The zero-order chi connectivity index (χ0) is 17.6. The van der Waals surface area contributed by atoms with Crippen LogP contribution in [0.4, 0.5) is 18.9 Å². The van der Waals surface area contributed by atoms with Crippen LogP contribution in [0.1, 0.15) is 5.56 Å². The van der Waals surface area contributed by atoms with E-state index in [-0.39, 0.29) is 10.9 Å². The van der Waals surface area contributed by atoms with Crippen molar-refractivity contribution in [2.24, 2.45) is 5.73 Å². The number of nitrogens with one attached hydrogen (secondary N) is 2. The molecule has 1 aromatic carbocycles. The summed E-state index contributed by atoms with van der Waals surface area (Å²) in [4.78, 5) is 11.0. The molecule has 0 spiro atoms. The lowest BCUT2D eigenvalue weighted by Gasteiger charge is -2.11. The molecule has 0 aromatic heterocycles. The van der Waals surface area contributed by atoms with E-state index in [1.165, 1.54) is 18.2 Å². The van der Waals surface area contributed by atoms with Crippen molar-refractivity contribution >= 4 is 50.0 Å². The number of nitrogens with two attached hydrogens (primary N) is 1. The number of hydrogen-bond donors (Lipinski definition) is 3. The molecule has 0 unspecified atom stereocenters. The molecule has 23 heavy (non-hydrogen) atoms. The van der Waals surface area contributed by atoms with E-state index in [1.54, 1.807) is 17.5 Å². The maximum atomic E-state index is 12.3. The number of allylic oxidation sites excluding steroid dienone is 2. The van der Waals surface area contributed by atoms with Gasteiger partial charge < -0.3 is 11.1 Å². The van der Waals surface area contributed by atoms with Gasteiger partial charge in [-0.25, -0.2) is 0 Å². The molecule has 0 radical (unpaired) electrons. The molecule has 9 heteroatoms. The van der Waals surface area contributed by atoms with Gasteiger partial charge in [0.15, 0.2) is 5.17 Å². The van der Waals surface area contributed by atoms with Gasteiger partial charge in [-0.3, -0.25) is 10.2 Å². The molecule has 0 bridgehead atoms. The normalized spacial score (nSPS) is 11.9. The summed E-state index contributed by atoms with van der Waals surface area (Å²) in [6, 6.07) is 4.44. The fraction of sp³-hybridized carbons (Fsp3) is 0.143. The predicted molar refractivity (Wildman–Crippen MR) is 91.4 cm³/mol. The Morgan fingerprint density at radius 2 is 2.09 bits per heavy atom. The topological polar surface area (TPSA) is 79.0 Å². The predicted octanol–water partition coefficient (Wildman–Crippen LogP) is 4.15. The van der Waals surface area contributed by atoms with Crippen molar-refractivity contribution in [3.05, 3.63) is 47.0 Å². The standard InChI is InChI=1S/C14H13BrF3N3OS/c1-2-8(3-4-23-13(19)20)9-5-10(15)7-11(6-9)21-12(22)14(16,17)18/h2-3,5-7H,1,4H2,(H3,19,20)(H,21,22)/b8-3+. The van der Waals surface area contributed by atoms with Crippen LogP contribution in [0, 0.1) is 5.41 Å². The average Bonchev–Trinajstić information content (AvgIpc) is 2.41. The van der Waals surface area contributed by atoms with Crippen molar-refractivity contribution in [3.63, 3.8) is 0 Å². The summed E-state index contributed by atoms with van der Waals surface area (Å²) in [6.07, 6.45) is -1.70. The second-order valence-corrected chi connectivity index (χ2v) is 6.20. The van der Waals surface area contributed by atoms with E-state index < -0.39 is 12.1 Å². The Bertz CT molecular complexity index is 659. The van der Waals surface area contributed by atoms with Crippen LogP contribution in [-0.2, 0) is 4.79 Å². The number of amides is 1. The first-order valence-corrected chi connectivity index (χ1v) is 7.90. The number of thioether (sulfide) groups is 1. The van der Waals surface area contributed by atoms with E-state index in [4.69, 9.17) is 11.1 Å². The number of anilines is 1. The van der Waals surface area contributed by atoms with Crippen molar-refractivity contribution in [1.29, 1.82) is 5.41 Å². The lowest BCUT2D eigenvalue weighted by atomic mass is 10.1. The maximum Gasteiger partial charge on any atom is 0.471 e. The van der Waals surface area contributed by atoms with Gasteiger partial charge in [-0.1, -0.05) is 46.4 Å². The first-order chi connectivity index (χ1) is 10.6. The zero-order valence-electron chi connectivity index (χ0n) is 11.7. The second-order valence-electron chi connectivity index (χ2n) is 4.22. The van der Waals surface area contributed by atoms with Crippen LogP contribution in [0.15, 0.2) is 41.4 Å². The van der Waals surface area contributed by atoms with Crippen molar-refractivity contribution in [2.75, 3.05) is 11.1 Å². The fourth-order valence-corrected chi connectivity index (χ4v) is 2.51. The average molecular weight is 408 g/mol. The van der Waals surface area contributed by atoms with Gasteiger partial charge in [-0.15, -0.1) is 0 Å². The van der Waals surface area contributed by atoms with Crippen molar-refractivity contribution in [2.45, 2.75) is 6.18 Å². The van der Waals surface area contributed by atoms with Crippen molar-refractivity contribution in [3.8, 4) is 0 Å². The smallest absolute Gasteiger partial charge is 0.379 e. The largest absolute Gasteiger partial charge is 0.471 e. The molecule has 0 fully saturated rings. The van der Waals surface area contributed by atoms with Gasteiger partial charge in [0.2, 0.25) is 0 Å². The molecule has 4 N–H and O–H groups in total. The lowest BCUT2D eigenvalue weighted by molar-refractivity contribution is -0.167. The first kappa shape index (κ1) is 19.3. The molecule has 0 saturated carbocycles. The van der Waals surface area contributed by atoms with E-state index in [2.05, 4.69) is 22.5 Å². The number of amidine groups is 1. The quantitative estimate of drug-likeness (QED) is 0.389. The van der Waals surface area contributed by atoms with Gasteiger partial charge in [0.05, 0.1) is 0 Å². The van der Waals surface area contributed by atoms with Crippen LogP contribution in [0.5, 0.6) is 0 Å². The Balaban J connectivity index is 3.05. The Hall–Kier alpha value is -1.74. The van der Waals surface area contributed by atoms with Crippen molar-refractivity contribution in [1.82, 2.24) is 0 Å². The zero-order valence-corrected chi connectivity index (χ0v) is 14.1. The molecule has 1 amide bonds. The number of rotatable bonds is 5. The molecule has 1 rings (SSSR count). The highest BCUT2D eigenvalue weighted by Crippen LogP contribution is 2.27.